The average Bonchev–Trinajstić information content (AvgIpc) is 2.82. The van der Waals surface area contributed by atoms with E-state index < -0.39 is 0 Å². The number of rotatable bonds is 3. The number of para-hydroxylation sites is 1. The number of fused-ring (bicyclic) bond motifs is 1. The molecule has 0 radical (unpaired) electrons. The molecular formula is C15H13NOS. The molecule has 0 aliphatic rings. The molecule has 1 aromatic heterocycles. The van der Waals surface area contributed by atoms with Crippen molar-refractivity contribution in [3.63, 3.8) is 0 Å². The zero-order valence-electron chi connectivity index (χ0n) is 10.1. The Labute approximate surface area is 110 Å². The van der Waals surface area contributed by atoms with Crippen LogP contribution in [0.15, 0.2) is 48.5 Å². The summed E-state index contributed by atoms with van der Waals surface area (Å²) in [5.41, 5.74) is 2.30. The monoisotopic (exact) mass is 255 g/mol. The number of ether oxygens (including phenoxy) is 1. The maximum absolute atomic E-state index is 5.77. The van der Waals surface area contributed by atoms with E-state index in [9.17, 15) is 0 Å². The van der Waals surface area contributed by atoms with Gasteiger partial charge in [-0.3, -0.25) is 0 Å². The van der Waals surface area contributed by atoms with Gasteiger partial charge in [0.2, 0.25) is 0 Å². The summed E-state index contributed by atoms with van der Waals surface area (Å²) in [6.45, 7) is 2.14. The third-order valence-electron chi connectivity index (χ3n) is 2.81. The summed E-state index contributed by atoms with van der Waals surface area (Å²) in [6.07, 6.45) is 1.04. The predicted molar refractivity (Wildman–Crippen MR) is 75.5 cm³/mol. The van der Waals surface area contributed by atoms with Crippen molar-refractivity contribution < 1.29 is 4.74 Å². The van der Waals surface area contributed by atoms with Crippen LogP contribution in [-0.2, 0) is 6.42 Å². The largest absolute Gasteiger partial charge is 0.431 e. The van der Waals surface area contributed by atoms with Crippen LogP contribution < -0.4 is 4.74 Å². The van der Waals surface area contributed by atoms with Crippen molar-refractivity contribution in [3.8, 4) is 10.9 Å². The van der Waals surface area contributed by atoms with Crippen LogP contribution in [0.25, 0.3) is 10.2 Å². The lowest BCUT2D eigenvalue weighted by Crippen LogP contribution is -1.84. The lowest BCUT2D eigenvalue weighted by atomic mass is 10.2. The van der Waals surface area contributed by atoms with Crippen molar-refractivity contribution in [2.75, 3.05) is 0 Å². The van der Waals surface area contributed by atoms with Gasteiger partial charge in [0.05, 0.1) is 10.2 Å². The van der Waals surface area contributed by atoms with E-state index in [1.807, 2.05) is 30.3 Å². The molecule has 0 bridgehead atoms. The molecule has 0 aliphatic carbocycles. The molecule has 0 atom stereocenters. The Bertz CT molecular complexity index is 625. The molecule has 3 aromatic rings. The molecule has 90 valence electrons. The highest BCUT2D eigenvalue weighted by molar-refractivity contribution is 7.20. The first-order chi connectivity index (χ1) is 8.85. The predicted octanol–water partition coefficient (Wildman–Crippen LogP) is 4.65. The third-order valence-corrected chi connectivity index (χ3v) is 3.73. The van der Waals surface area contributed by atoms with Gasteiger partial charge < -0.3 is 4.74 Å². The van der Waals surface area contributed by atoms with Crippen LogP contribution in [0.4, 0.5) is 0 Å². The zero-order valence-corrected chi connectivity index (χ0v) is 10.9. The van der Waals surface area contributed by atoms with Crippen LogP contribution >= 0.6 is 11.3 Å². The summed E-state index contributed by atoms with van der Waals surface area (Å²) in [6, 6.07) is 16.2. The molecule has 1 heterocycles. The van der Waals surface area contributed by atoms with E-state index >= 15 is 0 Å². The van der Waals surface area contributed by atoms with Gasteiger partial charge in [0.25, 0.3) is 5.19 Å². The Balaban J connectivity index is 1.86. The molecule has 0 N–H and O–H groups in total. The molecule has 0 saturated carbocycles. The SMILES string of the molecule is CCc1ccc(Oc2nc3ccccc3s2)cc1. The minimum absolute atomic E-state index is 0.695. The molecule has 18 heavy (non-hydrogen) atoms. The lowest BCUT2D eigenvalue weighted by molar-refractivity contribution is 0.480. The van der Waals surface area contributed by atoms with Crippen LogP contribution in [0.3, 0.4) is 0 Å². The van der Waals surface area contributed by atoms with Gasteiger partial charge in [-0.05, 0) is 36.2 Å². The molecule has 0 unspecified atom stereocenters. The van der Waals surface area contributed by atoms with Crippen LogP contribution in [0.2, 0.25) is 0 Å². The highest BCUT2D eigenvalue weighted by Crippen LogP contribution is 2.31. The van der Waals surface area contributed by atoms with Gasteiger partial charge in [-0.15, -0.1) is 0 Å². The molecule has 0 spiro atoms. The van der Waals surface area contributed by atoms with Gasteiger partial charge in [0.1, 0.15) is 5.75 Å². The Hall–Kier alpha value is -1.87. The summed E-state index contributed by atoms with van der Waals surface area (Å²) in [5, 5.41) is 0.695. The smallest absolute Gasteiger partial charge is 0.279 e. The van der Waals surface area contributed by atoms with Gasteiger partial charge in [0, 0.05) is 0 Å². The first-order valence-corrected chi connectivity index (χ1v) is 6.79. The van der Waals surface area contributed by atoms with Crippen molar-refractivity contribution in [1.29, 1.82) is 0 Å². The first-order valence-electron chi connectivity index (χ1n) is 5.97. The molecule has 2 aromatic carbocycles. The Kier molecular flexibility index (Phi) is 2.99. The summed E-state index contributed by atoms with van der Waals surface area (Å²) in [5.74, 6) is 0.839. The molecule has 3 rings (SSSR count). The number of benzene rings is 2. The van der Waals surface area contributed by atoms with Crippen molar-refractivity contribution >= 4 is 21.6 Å². The number of hydrogen-bond donors (Lipinski definition) is 0. The first kappa shape index (κ1) is 11.2. The van der Waals surface area contributed by atoms with Crippen molar-refractivity contribution in [2.24, 2.45) is 0 Å². The second kappa shape index (κ2) is 4.78. The fraction of sp³-hybridized carbons (Fsp3) is 0.133. The summed E-state index contributed by atoms with van der Waals surface area (Å²) >= 11 is 1.57. The van der Waals surface area contributed by atoms with E-state index in [1.165, 1.54) is 5.56 Å². The molecule has 2 nitrogen and oxygen atoms in total. The second-order valence-electron chi connectivity index (χ2n) is 4.05. The van der Waals surface area contributed by atoms with Crippen LogP contribution in [0.5, 0.6) is 10.9 Å². The molecule has 0 amide bonds. The van der Waals surface area contributed by atoms with Crippen molar-refractivity contribution in [3.05, 3.63) is 54.1 Å². The molecule has 0 saturated heterocycles. The number of aromatic nitrogens is 1. The fourth-order valence-corrected chi connectivity index (χ4v) is 2.62. The van der Waals surface area contributed by atoms with Gasteiger partial charge >= 0.3 is 0 Å². The fourth-order valence-electron chi connectivity index (χ4n) is 1.79. The Morgan fingerprint density at radius 1 is 1.06 bits per heavy atom. The lowest BCUT2D eigenvalue weighted by Gasteiger charge is -2.02. The van der Waals surface area contributed by atoms with Gasteiger partial charge in [-0.1, -0.05) is 42.5 Å². The Morgan fingerprint density at radius 3 is 2.56 bits per heavy atom. The maximum atomic E-state index is 5.77. The van der Waals surface area contributed by atoms with Crippen LogP contribution in [0.1, 0.15) is 12.5 Å². The summed E-state index contributed by atoms with van der Waals surface area (Å²) < 4.78 is 6.92. The van der Waals surface area contributed by atoms with E-state index in [2.05, 4.69) is 30.1 Å². The summed E-state index contributed by atoms with van der Waals surface area (Å²) in [4.78, 5) is 4.45. The summed E-state index contributed by atoms with van der Waals surface area (Å²) in [7, 11) is 0. The van der Waals surface area contributed by atoms with Gasteiger partial charge in [0.15, 0.2) is 0 Å². The zero-order chi connectivity index (χ0) is 12.4. The molecule has 0 fully saturated rings. The van der Waals surface area contributed by atoms with E-state index in [4.69, 9.17) is 4.74 Å². The van der Waals surface area contributed by atoms with Crippen molar-refractivity contribution in [2.45, 2.75) is 13.3 Å². The Morgan fingerprint density at radius 2 is 1.83 bits per heavy atom. The van der Waals surface area contributed by atoms with Crippen LogP contribution in [0, 0.1) is 0 Å². The highest BCUT2D eigenvalue weighted by Gasteiger charge is 2.04. The second-order valence-corrected chi connectivity index (χ2v) is 5.04. The maximum Gasteiger partial charge on any atom is 0.279 e. The minimum Gasteiger partial charge on any atom is -0.431 e. The highest BCUT2D eigenvalue weighted by atomic mass is 32.1. The van der Waals surface area contributed by atoms with Crippen molar-refractivity contribution in [1.82, 2.24) is 4.98 Å². The van der Waals surface area contributed by atoms with E-state index in [1.54, 1.807) is 11.3 Å². The standard InChI is InChI=1S/C15H13NOS/c1-2-11-7-9-12(10-8-11)17-15-16-13-5-3-4-6-14(13)18-15/h3-10H,2H2,1H3. The topological polar surface area (TPSA) is 22.1 Å². The van der Waals surface area contributed by atoms with Crippen LogP contribution in [-0.4, -0.2) is 4.98 Å². The normalized spacial score (nSPS) is 10.7. The molecule has 3 heteroatoms. The van der Waals surface area contributed by atoms with E-state index in [0.717, 1.165) is 22.4 Å². The van der Waals surface area contributed by atoms with E-state index in [-0.39, 0.29) is 0 Å². The number of aryl methyl sites for hydroxylation is 1. The number of nitrogens with zero attached hydrogens (tertiary/aromatic N) is 1. The molecule has 0 aliphatic heterocycles. The number of hydrogen-bond acceptors (Lipinski definition) is 3. The van der Waals surface area contributed by atoms with E-state index in [0.29, 0.717) is 5.19 Å². The van der Waals surface area contributed by atoms with Gasteiger partial charge in [-0.25, -0.2) is 4.98 Å². The third kappa shape index (κ3) is 2.22. The van der Waals surface area contributed by atoms with Gasteiger partial charge in [-0.2, -0.15) is 0 Å². The average molecular weight is 255 g/mol. The number of thiazole rings is 1. The quantitative estimate of drug-likeness (QED) is 0.679. The minimum atomic E-state index is 0.695. The molecular weight excluding hydrogens is 242 g/mol.